The van der Waals surface area contributed by atoms with Crippen LogP contribution in [0.3, 0.4) is 0 Å². The molecule has 0 aromatic rings. The third-order valence-electron chi connectivity index (χ3n) is 3.47. The fourth-order valence-corrected chi connectivity index (χ4v) is 2.47. The van der Waals surface area contributed by atoms with Gasteiger partial charge >= 0.3 is 0 Å². The minimum atomic E-state index is 0.360. The Labute approximate surface area is 73.9 Å². The largest absolute Gasteiger partial charge is 0.396 e. The van der Waals surface area contributed by atoms with Crippen molar-refractivity contribution >= 4 is 0 Å². The van der Waals surface area contributed by atoms with Crippen molar-refractivity contribution in [3.05, 3.63) is 0 Å². The van der Waals surface area contributed by atoms with Gasteiger partial charge in [0.25, 0.3) is 0 Å². The highest BCUT2D eigenvalue weighted by molar-refractivity contribution is 4.93. The van der Waals surface area contributed by atoms with Gasteiger partial charge in [0.15, 0.2) is 0 Å². The van der Waals surface area contributed by atoms with Crippen LogP contribution in [0.25, 0.3) is 0 Å². The van der Waals surface area contributed by atoms with Gasteiger partial charge in [-0.25, -0.2) is 0 Å². The topological polar surface area (TPSA) is 32.8 Å². The molecule has 4 unspecified atom stereocenters. The smallest absolute Gasteiger partial charge is 0.0844 e. The van der Waals surface area contributed by atoms with Crippen LogP contribution in [-0.4, -0.2) is 23.9 Å². The molecule has 0 bridgehead atoms. The molecule has 1 saturated heterocycles. The Morgan fingerprint density at radius 3 is 2.83 bits per heavy atom. The lowest BCUT2D eigenvalue weighted by atomic mass is 9.79. The van der Waals surface area contributed by atoms with Gasteiger partial charge in [0.2, 0.25) is 0 Å². The van der Waals surface area contributed by atoms with E-state index in [2.05, 4.69) is 6.92 Å². The maximum atomic E-state index is 9.14. The van der Waals surface area contributed by atoms with E-state index in [0.717, 1.165) is 12.3 Å². The van der Waals surface area contributed by atoms with E-state index in [-0.39, 0.29) is 0 Å². The lowest BCUT2D eigenvalue weighted by Gasteiger charge is -2.26. The Bertz CT molecular complexity index is 154. The standard InChI is InChI=1S/C10H18O2/c1-2-7(6-11)8-3-4-9-10(5-8)12-9/h7-11H,2-6H2,1H3. The highest BCUT2D eigenvalue weighted by atomic mass is 16.6. The van der Waals surface area contributed by atoms with Crippen molar-refractivity contribution in [1.29, 1.82) is 0 Å². The second-order valence-electron chi connectivity index (χ2n) is 4.14. The van der Waals surface area contributed by atoms with Crippen molar-refractivity contribution in [1.82, 2.24) is 0 Å². The molecule has 1 saturated carbocycles. The van der Waals surface area contributed by atoms with Crippen molar-refractivity contribution in [3.63, 3.8) is 0 Å². The monoisotopic (exact) mass is 170 g/mol. The SMILES string of the molecule is CCC(CO)C1CCC2OC2C1. The Balaban J connectivity index is 1.85. The van der Waals surface area contributed by atoms with Gasteiger partial charge in [-0.05, 0) is 31.1 Å². The van der Waals surface area contributed by atoms with Gasteiger partial charge in [-0.15, -0.1) is 0 Å². The molecule has 1 heterocycles. The first kappa shape index (κ1) is 8.52. The van der Waals surface area contributed by atoms with Crippen molar-refractivity contribution < 1.29 is 9.84 Å². The van der Waals surface area contributed by atoms with Gasteiger partial charge in [-0.2, -0.15) is 0 Å². The highest BCUT2D eigenvalue weighted by Crippen LogP contribution is 2.42. The summed E-state index contributed by atoms with van der Waals surface area (Å²) in [5, 5.41) is 9.14. The quantitative estimate of drug-likeness (QED) is 0.652. The molecule has 70 valence electrons. The summed E-state index contributed by atoms with van der Waals surface area (Å²) in [7, 11) is 0. The normalized spacial score (nSPS) is 42.0. The number of aliphatic hydroxyl groups is 1. The Morgan fingerprint density at radius 1 is 1.42 bits per heavy atom. The molecule has 2 aliphatic rings. The number of ether oxygens (including phenoxy) is 1. The van der Waals surface area contributed by atoms with Gasteiger partial charge < -0.3 is 9.84 Å². The van der Waals surface area contributed by atoms with E-state index in [4.69, 9.17) is 9.84 Å². The number of hydrogen-bond donors (Lipinski definition) is 1. The van der Waals surface area contributed by atoms with Crippen molar-refractivity contribution in [2.24, 2.45) is 11.8 Å². The molecule has 0 spiro atoms. The van der Waals surface area contributed by atoms with Gasteiger partial charge in [-0.3, -0.25) is 0 Å². The van der Waals surface area contributed by atoms with Crippen LogP contribution in [0.5, 0.6) is 0 Å². The number of rotatable bonds is 3. The molecular formula is C10H18O2. The second-order valence-corrected chi connectivity index (χ2v) is 4.14. The molecule has 2 nitrogen and oxygen atoms in total. The van der Waals surface area contributed by atoms with Gasteiger partial charge in [0.1, 0.15) is 0 Å². The molecule has 2 heteroatoms. The summed E-state index contributed by atoms with van der Waals surface area (Å²) >= 11 is 0. The molecule has 1 aliphatic heterocycles. The lowest BCUT2D eigenvalue weighted by molar-refractivity contribution is 0.149. The van der Waals surface area contributed by atoms with Crippen LogP contribution in [0.15, 0.2) is 0 Å². The number of aliphatic hydroxyl groups excluding tert-OH is 1. The van der Waals surface area contributed by atoms with Crippen LogP contribution in [0.2, 0.25) is 0 Å². The first-order valence-electron chi connectivity index (χ1n) is 5.11. The third kappa shape index (κ3) is 1.50. The molecular weight excluding hydrogens is 152 g/mol. The van der Waals surface area contributed by atoms with Crippen LogP contribution >= 0.6 is 0 Å². The predicted octanol–water partition coefficient (Wildman–Crippen LogP) is 1.57. The average Bonchev–Trinajstić information content (AvgIpc) is 2.84. The van der Waals surface area contributed by atoms with Gasteiger partial charge in [0, 0.05) is 6.61 Å². The number of epoxide rings is 1. The number of fused-ring (bicyclic) bond motifs is 1. The van der Waals surface area contributed by atoms with E-state index >= 15 is 0 Å². The molecule has 1 aliphatic carbocycles. The second kappa shape index (κ2) is 3.35. The van der Waals surface area contributed by atoms with Crippen molar-refractivity contribution in [2.75, 3.05) is 6.61 Å². The van der Waals surface area contributed by atoms with Gasteiger partial charge in [-0.1, -0.05) is 13.3 Å². The molecule has 0 aromatic heterocycles. The van der Waals surface area contributed by atoms with Crippen LogP contribution in [0.4, 0.5) is 0 Å². The fourth-order valence-electron chi connectivity index (χ4n) is 2.47. The molecule has 2 rings (SSSR count). The third-order valence-corrected chi connectivity index (χ3v) is 3.47. The first-order chi connectivity index (χ1) is 5.85. The summed E-state index contributed by atoms with van der Waals surface area (Å²) in [6, 6.07) is 0. The van der Waals surface area contributed by atoms with Crippen LogP contribution in [-0.2, 0) is 4.74 Å². The molecule has 1 N–H and O–H groups in total. The summed E-state index contributed by atoms with van der Waals surface area (Å²) in [4.78, 5) is 0. The van der Waals surface area contributed by atoms with E-state index in [1.54, 1.807) is 0 Å². The Hall–Kier alpha value is -0.0800. The molecule has 4 atom stereocenters. The molecule has 0 aromatic carbocycles. The molecule has 2 fully saturated rings. The van der Waals surface area contributed by atoms with Crippen LogP contribution in [0.1, 0.15) is 32.6 Å². The van der Waals surface area contributed by atoms with E-state index in [0.29, 0.717) is 24.7 Å². The van der Waals surface area contributed by atoms with E-state index in [1.165, 1.54) is 19.3 Å². The Morgan fingerprint density at radius 2 is 2.25 bits per heavy atom. The number of hydrogen-bond acceptors (Lipinski definition) is 2. The van der Waals surface area contributed by atoms with E-state index in [9.17, 15) is 0 Å². The minimum absolute atomic E-state index is 0.360. The minimum Gasteiger partial charge on any atom is -0.396 e. The average molecular weight is 170 g/mol. The van der Waals surface area contributed by atoms with E-state index < -0.39 is 0 Å². The zero-order valence-electron chi connectivity index (χ0n) is 7.70. The molecule has 12 heavy (non-hydrogen) atoms. The summed E-state index contributed by atoms with van der Waals surface area (Å²) in [6.45, 7) is 2.53. The maximum absolute atomic E-state index is 9.14. The van der Waals surface area contributed by atoms with Gasteiger partial charge in [0.05, 0.1) is 12.2 Å². The van der Waals surface area contributed by atoms with Crippen molar-refractivity contribution in [2.45, 2.75) is 44.8 Å². The Kier molecular flexibility index (Phi) is 2.37. The predicted molar refractivity (Wildman–Crippen MR) is 46.9 cm³/mol. The fraction of sp³-hybridized carbons (Fsp3) is 1.00. The van der Waals surface area contributed by atoms with Crippen molar-refractivity contribution in [3.8, 4) is 0 Å². The highest BCUT2D eigenvalue weighted by Gasteiger charge is 2.45. The lowest BCUT2D eigenvalue weighted by Crippen LogP contribution is -2.23. The summed E-state index contributed by atoms with van der Waals surface area (Å²) in [5.41, 5.74) is 0. The zero-order valence-corrected chi connectivity index (χ0v) is 7.70. The summed E-state index contributed by atoms with van der Waals surface area (Å²) in [5.74, 6) is 1.25. The van der Waals surface area contributed by atoms with E-state index in [1.807, 2.05) is 0 Å². The maximum Gasteiger partial charge on any atom is 0.0844 e. The zero-order chi connectivity index (χ0) is 8.55. The summed E-state index contributed by atoms with van der Waals surface area (Å²) < 4.78 is 5.47. The molecule has 0 amide bonds. The first-order valence-corrected chi connectivity index (χ1v) is 5.11. The van der Waals surface area contributed by atoms with Crippen LogP contribution in [0, 0.1) is 11.8 Å². The van der Waals surface area contributed by atoms with Crippen LogP contribution < -0.4 is 0 Å². The molecule has 0 radical (unpaired) electrons. The summed E-state index contributed by atoms with van der Waals surface area (Å²) in [6.07, 6.45) is 5.95.